The smallest absolute Gasteiger partial charge is 0.377 e. The molecule has 8 heteroatoms. The minimum Gasteiger partial charge on any atom is -0.377 e. The van der Waals surface area contributed by atoms with E-state index in [-0.39, 0.29) is 11.0 Å². The molecule has 0 saturated carbocycles. The van der Waals surface area contributed by atoms with Crippen molar-refractivity contribution in [3.05, 3.63) is 0 Å². The number of hydrogen-bond donors (Lipinski definition) is 3. The highest BCUT2D eigenvalue weighted by atomic mass is 28.4. The van der Waals surface area contributed by atoms with Crippen LogP contribution < -0.4 is 16.8 Å². The van der Waals surface area contributed by atoms with E-state index in [1.165, 1.54) is 0 Å². The number of nitrogens with two attached hydrogens (primary N) is 2. The van der Waals surface area contributed by atoms with Gasteiger partial charge in [-0.3, -0.25) is 0 Å². The summed E-state index contributed by atoms with van der Waals surface area (Å²) in [6, 6.07) is 0.885. The third-order valence-corrected chi connectivity index (χ3v) is 5.11. The Kier molecular flexibility index (Phi) is 22.3. The van der Waals surface area contributed by atoms with Crippen molar-refractivity contribution in [3.8, 4) is 0 Å². The number of nitrogens with one attached hydrogen (secondary N) is 1. The zero-order chi connectivity index (χ0) is 13.6. The Balaban J connectivity index is -0.000000251. The molecule has 0 spiro atoms. The Labute approximate surface area is 117 Å². The lowest BCUT2D eigenvalue weighted by molar-refractivity contribution is 0.123. The van der Waals surface area contributed by atoms with Crippen molar-refractivity contribution in [2.75, 3.05) is 47.5 Å². The summed E-state index contributed by atoms with van der Waals surface area (Å²) >= 11 is 0. The molecule has 114 valence electrons. The van der Waals surface area contributed by atoms with E-state index in [1.54, 1.807) is 21.3 Å². The summed E-state index contributed by atoms with van der Waals surface area (Å²) in [6.45, 7) is 5.22. The summed E-state index contributed by atoms with van der Waals surface area (Å²) in [6.07, 6.45) is 1.03. The van der Waals surface area contributed by atoms with E-state index >= 15 is 0 Å². The van der Waals surface area contributed by atoms with Gasteiger partial charge in [-0.25, -0.2) is 0 Å². The Morgan fingerprint density at radius 3 is 1.50 bits per heavy atom. The molecular weight excluding hydrogens is 266 g/mol. The van der Waals surface area contributed by atoms with Gasteiger partial charge in [0, 0.05) is 53.6 Å². The van der Waals surface area contributed by atoms with Crippen molar-refractivity contribution in [2.45, 2.75) is 19.4 Å². The molecule has 0 amide bonds. The van der Waals surface area contributed by atoms with Crippen molar-refractivity contribution in [1.29, 1.82) is 0 Å². The first kappa shape index (κ1) is 23.3. The Morgan fingerprint density at radius 1 is 0.944 bits per heavy atom. The molecule has 6 nitrogen and oxygen atoms in total. The van der Waals surface area contributed by atoms with Crippen molar-refractivity contribution >= 4 is 19.8 Å². The van der Waals surface area contributed by atoms with Crippen molar-refractivity contribution in [2.24, 2.45) is 11.5 Å². The lowest BCUT2D eigenvalue weighted by Gasteiger charge is -2.23. The Bertz CT molecular complexity index is 140. The maximum absolute atomic E-state index is 5.17. The summed E-state index contributed by atoms with van der Waals surface area (Å²) in [5, 5.41) is 3.03. The van der Waals surface area contributed by atoms with Gasteiger partial charge in [0.05, 0.1) is 0 Å². The Morgan fingerprint density at radius 2 is 1.33 bits per heavy atom. The molecule has 0 radical (unpaired) electrons. The molecule has 0 bridgehead atoms. The second-order valence-electron chi connectivity index (χ2n) is 3.37. The van der Waals surface area contributed by atoms with Crippen LogP contribution in [-0.4, -0.2) is 67.3 Å². The van der Waals surface area contributed by atoms with Gasteiger partial charge < -0.3 is 30.1 Å². The second-order valence-corrected chi connectivity index (χ2v) is 6.46. The van der Waals surface area contributed by atoms with Gasteiger partial charge in [-0.2, -0.15) is 0 Å². The molecule has 0 atom stereocenters. The predicted octanol–water partition coefficient (Wildman–Crippen LogP) is -1.68. The fourth-order valence-electron chi connectivity index (χ4n) is 1.19. The molecule has 0 fully saturated rings. The molecule has 5 N–H and O–H groups in total. The molecule has 0 aromatic carbocycles. The summed E-state index contributed by atoms with van der Waals surface area (Å²) in [4.78, 5) is 0. The minimum atomic E-state index is -2.22. The molecule has 0 aliphatic rings. The zero-order valence-electron chi connectivity index (χ0n) is 11.6. The van der Waals surface area contributed by atoms with Crippen LogP contribution in [0.5, 0.6) is 0 Å². The van der Waals surface area contributed by atoms with Crippen LogP contribution in [0.1, 0.15) is 13.3 Å². The van der Waals surface area contributed by atoms with Gasteiger partial charge >= 0.3 is 8.80 Å². The maximum Gasteiger partial charge on any atom is 0.500 e. The van der Waals surface area contributed by atoms with Crippen LogP contribution >= 0.6 is 0 Å². The van der Waals surface area contributed by atoms with Gasteiger partial charge in [-0.15, -0.1) is 0 Å². The summed E-state index contributed by atoms with van der Waals surface area (Å²) in [5.41, 5.74) is 10.3. The SMILES string of the molecule is CCC[Si](OC)(OC)OC.NCCNCCN.[SiH4]. The topological polar surface area (TPSA) is 91.8 Å². The van der Waals surface area contributed by atoms with E-state index in [4.69, 9.17) is 24.7 Å². The molecule has 0 aliphatic carbocycles. The molecule has 0 aromatic heterocycles. The van der Waals surface area contributed by atoms with Gasteiger partial charge in [0.1, 0.15) is 0 Å². The van der Waals surface area contributed by atoms with Crippen LogP contribution in [0.25, 0.3) is 0 Å². The average Bonchev–Trinajstić information content (AvgIpc) is 2.38. The first-order valence-electron chi connectivity index (χ1n) is 5.92. The zero-order valence-corrected chi connectivity index (χ0v) is 12.6. The van der Waals surface area contributed by atoms with E-state index < -0.39 is 8.80 Å². The first-order chi connectivity index (χ1) is 8.16. The van der Waals surface area contributed by atoms with Gasteiger partial charge in [0.15, 0.2) is 0 Å². The van der Waals surface area contributed by atoms with Crippen LogP contribution in [0.2, 0.25) is 6.04 Å². The fourth-order valence-corrected chi connectivity index (χ4v) is 2.92. The lowest BCUT2D eigenvalue weighted by Crippen LogP contribution is -2.42. The molecule has 0 aromatic rings. The van der Waals surface area contributed by atoms with Gasteiger partial charge in [-0.1, -0.05) is 13.3 Å². The molecule has 0 rings (SSSR count). The number of rotatable bonds is 9. The van der Waals surface area contributed by atoms with Crippen molar-refractivity contribution in [1.82, 2.24) is 5.32 Å². The number of hydrogen-bond acceptors (Lipinski definition) is 6. The molecule has 0 unspecified atom stereocenters. The van der Waals surface area contributed by atoms with E-state index in [1.807, 2.05) is 0 Å². The molecule has 18 heavy (non-hydrogen) atoms. The van der Waals surface area contributed by atoms with Crippen LogP contribution in [0.15, 0.2) is 0 Å². The highest BCUT2D eigenvalue weighted by Gasteiger charge is 2.36. The van der Waals surface area contributed by atoms with E-state index in [2.05, 4.69) is 12.2 Å². The van der Waals surface area contributed by atoms with Crippen LogP contribution in [0.4, 0.5) is 0 Å². The van der Waals surface area contributed by atoms with E-state index in [9.17, 15) is 0 Å². The van der Waals surface area contributed by atoms with Crippen molar-refractivity contribution in [3.63, 3.8) is 0 Å². The normalized spacial score (nSPS) is 10.3. The van der Waals surface area contributed by atoms with Gasteiger partial charge in [0.25, 0.3) is 0 Å². The first-order valence-corrected chi connectivity index (χ1v) is 7.85. The second kappa shape index (κ2) is 17.2. The van der Waals surface area contributed by atoms with Crippen LogP contribution in [-0.2, 0) is 13.3 Å². The van der Waals surface area contributed by atoms with E-state index in [0.29, 0.717) is 13.1 Å². The summed E-state index contributed by atoms with van der Waals surface area (Å²) < 4.78 is 15.5. The minimum absolute atomic E-state index is 0. The maximum atomic E-state index is 5.17. The third-order valence-electron chi connectivity index (χ3n) is 2.13. The van der Waals surface area contributed by atoms with Crippen LogP contribution in [0.3, 0.4) is 0 Å². The molecule has 0 heterocycles. The van der Waals surface area contributed by atoms with Crippen LogP contribution in [0, 0.1) is 0 Å². The lowest BCUT2D eigenvalue weighted by atomic mass is 10.6. The average molecular weight is 300 g/mol. The highest BCUT2D eigenvalue weighted by molar-refractivity contribution is 6.60. The standard InChI is InChI=1S/C6H16O3Si.C4H13N3.H4Si/c1-5-6-10(7-2,8-3)9-4;5-1-3-7-4-2-6;/h5-6H2,1-4H3;7H,1-6H2;1H4. The third kappa shape index (κ3) is 12.6. The van der Waals surface area contributed by atoms with Gasteiger partial charge in [0.2, 0.25) is 0 Å². The highest BCUT2D eigenvalue weighted by Crippen LogP contribution is 2.13. The molecule has 0 saturated heterocycles. The largest absolute Gasteiger partial charge is 0.500 e. The quantitative estimate of drug-likeness (QED) is 0.348. The summed E-state index contributed by atoms with van der Waals surface area (Å²) in [7, 11) is 2.68. The Hall–Kier alpha value is 0.194. The molecular formula is C10H33N3O3Si2. The molecule has 0 aliphatic heterocycles. The monoisotopic (exact) mass is 299 g/mol. The van der Waals surface area contributed by atoms with Crippen molar-refractivity contribution < 1.29 is 13.3 Å². The van der Waals surface area contributed by atoms with Gasteiger partial charge in [-0.05, 0) is 11.0 Å². The van der Waals surface area contributed by atoms with E-state index in [0.717, 1.165) is 25.6 Å². The summed E-state index contributed by atoms with van der Waals surface area (Å²) in [5.74, 6) is 0. The fraction of sp³-hybridized carbons (Fsp3) is 1.00. The predicted molar refractivity (Wildman–Crippen MR) is 84.2 cm³/mol.